The van der Waals surface area contributed by atoms with Gasteiger partial charge < -0.3 is 10.2 Å². The number of carbonyl (C=O) groups excluding carboxylic acids is 2. The van der Waals surface area contributed by atoms with Gasteiger partial charge in [-0.25, -0.2) is 8.70 Å². The van der Waals surface area contributed by atoms with Gasteiger partial charge in [0.1, 0.15) is 18.4 Å². The summed E-state index contributed by atoms with van der Waals surface area (Å²) in [7, 11) is -1.57. The maximum Gasteiger partial charge on any atom is 0.304 e. The fraction of sp³-hybridized carbons (Fsp3) is 0.462. The van der Waals surface area contributed by atoms with Gasteiger partial charge in [-0.15, -0.1) is 0 Å². The number of para-hydroxylation sites is 1. The zero-order valence-corrected chi connectivity index (χ0v) is 21.9. The van der Waals surface area contributed by atoms with E-state index in [1.807, 2.05) is 37.3 Å². The Morgan fingerprint density at radius 2 is 1.64 bits per heavy atom. The van der Waals surface area contributed by atoms with Crippen molar-refractivity contribution < 1.29 is 22.4 Å². The van der Waals surface area contributed by atoms with Crippen molar-refractivity contribution in [1.29, 1.82) is 0 Å². The predicted molar refractivity (Wildman–Crippen MR) is 138 cm³/mol. The molecule has 1 unspecified atom stereocenters. The Morgan fingerprint density at radius 1 is 1.03 bits per heavy atom. The number of benzene rings is 2. The van der Waals surface area contributed by atoms with Crippen molar-refractivity contribution in [1.82, 2.24) is 14.5 Å². The maximum atomic E-state index is 14.7. The molecule has 1 N–H and O–H groups in total. The smallest absolute Gasteiger partial charge is 0.304 e. The highest BCUT2D eigenvalue weighted by Crippen LogP contribution is 2.24. The molecule has 36 heavy (non-hydrogen) atoms. The van der Waals surface area contributed by atoms with Crippen molar-refractivity contribution in [2.24, 2.45) is 0 Å². The van der Waals surface area contributed by atoms with Gasteiger partial charge in [0, 0.05) is 26.7 Å². The zero-order valence-electron chi connectivity index (χ0n) is 21.1. The van der Waals surface area contributed by atoms with Crippen LogP contribution in [0.15, 0.2) is 54.6 Å². The molecule has 8 nitrogen and oxygen atoms in total. The number of halogens is 1. The van der Waals surface area contributed by atoms with Gasteiger partial charge in [-0.3, -0.25) is 9.59 Å². The molecule has 0 saturated heterocycles. The molecule has 1 saturated carbocycles. The van der Waals surface area contributed by atoms with Gasteiger partial charge >= 0.3 is 10.2 Å². The van der Waals surface area contributed by atoms with E-state index in [0.29, 0.717) is 6.42 Å². The number of hydrogen-bond acceptors (Lipinski definition) is 4. The lowest BCUT2D eigenvalue weighted by Gasteiger charge is -2.34. The number of nitrogens with one attached hydrogen (secondary N) is 1. The van der Waals surface area contributed by atoms with Crippen LogP contribution in [0.2, 0.25) is 0 Å². The summed E-state index contributed by atoms with van der Waals surface area (Å²) in [4.78, 5) is 28.4. The molecule has 0 heterocycles. The van der Waals surface area contributed by atoms with Crippen LogP contribution in [-0.2, 0) is 26.3 Å². The Hall–Kier alpha value is -2.98. The van der Waals surface area contributed by atoms with Gasteiger partial charge in [0.2, 0.25) is 11.8 Å². The third-order valence-corrected chi connectivity index (χ3v) is 8.23. The quantitative estimate of drug-likeness (QED) is 0.494. The van der Waals surface area contributed by atoms with Gasteiger partial charge in [0.15, 0.2) is 0 Å². The second kappa shape index (κ2) is 12.3. The molecular formula is C26H35FN4O4S. The number of rotatable bonds is 11. The van der Waals surface area contributed by atoms with Crippen LogP contribution in [0.3, 0.4) is 0 Å². The summed E-state index contributed by atoms with van der Waals surface area (Å²) < 4.78 is 42.7. The van der Waals surface area contributed by atoms with E-state index in [0.717, 1.165) is 45.9 Å². The Bertz CT molecular complexity index is 1140. The first-order valence-electron chi connectivity index (χ1n) is 12.2. The minimum absolute atomic E-state index is 0.0734. The van der Waals surface area contributed by atoms with E-state index in [9.17, 15) is 22.4 Å². The van der Waals surface area contributed by atoms with E-state index in [2.05, 4.69) is 5.32 Å². The van der Waals surface area contributed by atoms with Crippen molar-refractivity contribution in [3.8, 4) is 0 Å². The lowest BCUT2D eigenvalue weighted by atomic mass is 10.1. The largest absolute Gasteiger partial charge is 0.352 e. The molecule has 1 atom stereocenters. The first kappa shape index (κ1) is 27.6. The standard InChI is InChI=1S/C26H35FN4O4S/c1-4-23(26(33)28-21-14-8-9-15-21)30(18-20-12-6-5-7-13-20)25(32)19-31(36(34,35)29(2)3)24-17-11-10-16-22(24)27/h5-7,10-13,16-17,21,23H,4,8-9,14-15,18-19H2,1-3H3,(H,28,33). The van der Waals surface area contributed by atoms with Gasteiger partial charge in [-0.1, -0.05) is 62.2 Å². The maximum absolute atomic E-state index is 14.7. The van der Waals surface area contributed by atoms with Crippen LogP contribution in [0.1, 0.15) is 44.6 Å². The monoisotopic (exact) mass is 518 g/mol. The van der Waals surface area contributed by atoms with Gasteiger partial charge in [0.25, 0.3) is 0 Å². The third-order valence-electron chi connectivity index (χ3n) is 6.42. The van der Waals surface area contributed by atoms with Gasteiger partial charge in [0.05, 0.1) is 5.69 Å². The van der Waals surface area contributed by atoms with Crippen molar-refractivity contribution in [2.45, 2.75) is 57.7 Å². The molecule has 0 radical (unpaired) electrons. The van der Waals surface area contributed by atoms with Crippen LogP contribution in [0.4, 0.5) is 10.1 Å². The second-order valence-corrected chi connectivity index (χ2v) is 11.2. The van der Waals surface area contributed by atoms with E-state index in [4.69, 9.17) is 0 Å². The summed E-state index contributed by atoms with van der Waals surface area (Å²) in [6.07, 6.45) is 4.24. The topological polar surface area (TPSA) is 90.0 Å². The molecular weight excluding hydrogens is 483 g/mol. The molecule has 2 aromatic rings. The predicted octanol–water partition coefficient (Wildman–Crippen LogP) is 3.30. The molecule has 1 fully saturated rings. The number of hydrogen-bond donors (Lipinski definition) is 1. The van der Waals surface area contributed by atoms with E-state index < -0.39 is 34.5 Å². The SMILES string of the molecule is CCC(C(=O)NC1CCCC1)N(Cc1ccccc1)C(=O)CN(c1ccccc1F)S(=O)(=O)N(C)C. The van der Waals surface area contributed by atoms with Crippen LogP contribution < -0.4 is 9.62 Å². The Labute approximate surface area is 213 Å². The zero-order chi connectivity index (χ0) is 26.3. The minimum Gasteiger partial charge on any atom is -0.352 e. The van der Waals surface area contributed by atoms with Crippen LogP contribution in [0.25, 0.3) is 0 Å². The second-order valence-electron chi connectivity index (χ2n) is 9.17. The van der Waals surface area contributed by atoms with Crippen LogP contribution in [0, 0.1) is 5.82 Å². The summed E-state index contributed by atoms with van der Waals surface area (Å²) in [5.41, 5.74) is 0.563. The number of carbonyl (C=O) groups is 2. The molecule has 1 aliphatic rings. The van der Waals surface area contributed by atoms with Crippen molar-refractivity contribution in [3.63, 3.8) is 0 Å². The molecule has 0 spiro atoms. The van der Waals surface area contributed by atoms with Crippen LogP contribution >= 0.6 is 0 Å². The molecule has 10 heteroatoms. The van der Waals surface area contributed by atoms with Crippen LogP contribution in [0.5, 0.6) is 0 Å². The molecule has 3 rings (SSSR count). The van der Waals surface area contributed by atoms with Crippen molar-refractivity contribution in [2.75, 3.05) is 24.9 Å². The molecule has 0 aromatic heterocycles. The van der Waals surface area contributed by atoms with E-state index in [-0.39, 0.29) is 24.2 Å². The number of anilines is 1. The Morgan fingerprint density at radius 3 is 2.22 bits per heavy atom. The lowest BCUT2D eigenvalue weighted by molar-refractivity contribution is -0.140. The van der Waals surface area contributed by atoms with E-state index >= 15 is 0 Å². The molecule has 2 amide bonds. The van der Waals surface area contributed by atoms with E-state index in [1.165, 1.54) is 37.2 Å². The number of nitrogens with zero attached hydrogens (tertiary/aromatic N) is 3. The van der Waals surface area contributed by atoms with Crippen molar-refractivity contribution in [3.05, 3.63) is 66.0 Å². The summed E-state index contributed by atoms with van der Waals surface area (Å²) in [5, 5.41) is 3.06. The molecule has 0 aliphatic heterocycles. The highest BCUT2D eigenvalue weighted by atomic mass is 32.2. The highest BCUT2D eigenvalue weighted by Gasteiger charge is 2.35. The third kappa shape index (κ3) is 6.61. The first-order valence-corrected chi connectivity index (χ1v) is 13.6. The Balaban J connectivity index is 1.96. The summed E-state index contributed by atoms with van der Waals surface area (Å²) in [5.74, 6) is -1.63. The minimum atomic E-state index is -4.21. The van der Waals surface area contributed by atoms with E-state index in [1.54, 1.807) is 0 Å². The summed E-state index contributed by atoms with van der Waals surface area (Å²) >= 11 is 0. The van der Waals surface area contributed by atoms with Crippen LogP contribution in [-0.4, -0.2) is 62.2 Å². The van der Waals surface area contributed by atoms with Gasteiger partial charge in [-0.05, 0) is 37.0 Å². The highest BCUT2D eigenvalue weighted by molar-refractivity contribution is 7.90. The normalized spacial score (nSPS) is 15.0. The first-order chi connectivity index (χ1) is 17.1. The fourth-order valence-electron chi connectivity index (χ4n) is 4.42. The molecule has 2 aromatic carbocycles. The molecule has 0 bridgehead atoms. The fourth-order valence-corrected chi connectivity index (χ4v) is 5.49. The lowest BCUT2D eigenvalue weighted by Crippen LogP contribution is -2.54. The summed E-state index contributed by atoms with van der Waals surface area (Å²) in [6.45, 7) is 1.28. The average molecular weight is 519 g/mol. The Kier molecular flexibility index (Phi) is 9.44. The average Bonchev–Trinajstić information content (AvgIpc) is 3.36. The summed E-state index contributed by atoms with van der Waals surface area (Å²) in [6, 6.07) is 13.9. The molecule has 1 aliphatic carbocycles. The molecule has 196 valence electrons. The van der Waals surface area contributed by atoms with Gasteiger partial charge in [-0.2, -0.15) is 12.7 Å². The van der Waals surface area contributed by atoms with Crippen molar-refractivity contribution >= 4 is 27.7 Å². The number of amides is 2.